The number of aliphatic hydroxyl groups excluding tert-OH is 1. The molecule has 6 heteroatoms. The molecular weight excluding hydrogens is 320 g/mol. The minimum atomic E-state index is -0.980. The van der Waals surface area contributed by atoms with E-state index < -0.39 is 18.1 Å². The van der Waals surface area contributed by atoms with Crippen molar-refractivity contribution in [3.8, 4) is 0 Å². The van der Waals surface area contributed by atoms with Gasteiger partial charge in [-0.1, -0.05) is 18.2 Å². The molecule has 134 valence electrons. The van der Waals surface area contributed by atoms with E-state index in [9.17, 15) is 14.7 Å². The fourth-order valence-electron chi connectivity index (χ4n) is 3.00. The summed E-state index contributed by atoms with van der Waals surface area (Å²) in [6.45, 7) is 5.27. The Kier molecular flexibility index (Phi) is 4.81. The summed E-state index contributed by atoms with van der Waals surface area (Å²) in [6.07, 6.45) is 0.704. The summed E-state index contributed by atoms with van der Waals surface area (Å²) in [6, 6.07) is 6.35. The molecule has 0 saturated heterocycles. The van der Waals surface area contributed by atoms with Crippen LogP contribution in [0.2, 0.25) is 0 Å². The zero-order valence-corrected chi connectivity index (χ0v) is 14.7. The minimum absolute atomic E-state index is 0.0240. The van der Waals surface area contributed by atoms with Gasteiger partial charge in [-0.2, -0.15) is 0 Å². The standard InChI is InChI=1S/C19H24N2O4/c1-10-14-6-4-5-7-15(14)25-17(10)11(2)20-19(24)16(12(3)22)21-18(23)13-8-9-13/h4-7,11-13,16,22H,8-9H2,1-3H3,(H,20,24)(H,21,23). The SMILES string of the molecule is Cc1c(C(C)NC(=O)C(NC(=O)C2CC2)C(C)O)oc2ccccc12. The van der Waals surface area contributed by atoms with Crippen molar-refractivity contribution in [3.05, 3.63) is 35.6 Å². The molecule has 0 aliphatic heterocycles. The third-order valence-electron chi connectivity index (χ3n) is 4.64. The zero-order chi connectivity index (χ0) is 18.1. The Morgan fingerprint density at radius 1 is 1.20 bits per heavy atom. The van der Waals surface area contributed by atoms with E-state index in [1.165, 1.54) is 6.92 Å². The predicted molar refractivity (Wildman–Crippen MR) is 93.8 cm³/mol. The third kappa shape index (κ3) is 3.69. The van der Waals surface area contributed by atoms with Crippen LogP contribution in [0.3, 0.4) is 0 Å². The second-order valence-corrected chi connectivity index (χ2v) is 6.82. The summed E-state index contributed by atoms with van der Waals surface area (Å²) in [5.41, 5.74) is 1.74. The van der Waals surface area contributed by atoms with Gasteiger partial charge in [-0.3, -0.25) is 9.59 Å². The molecule has 2 amide bonds. The highest BCUT2D eigenvalue weighted by atomic mass is 16.3. The Hall–Kier alpha value is -2.34. The van der Waals surface area contributed by atoms with Gasteiger partial charge in [-0.15, -0.1) is 0 Å². The van der Waals surface area contributed by atoms with Gasteiger partial charge < -0.3 is 20.2 Å². The third-order valence-corrected chi connectivity index (χ3v) is 4.64. The number of aliphatic hydroxyl groups is 1. The number of para-hydroxylation sites is 1. The van der Waals surface area contributed by atoms with Crippen LogP contribution < -0.4 is 10.6 Å². The van der Waals surface area contributed by atoms with Crippen LogP contribution in [0.25, 0.3) is 11.0 Å². The Morgan fingerprint density at radius 3 is 2.48 bits per heavy atom. The van der Waals surface area contributed by atoms with Crippen LogP contribution in [0.15, 0.2) is 28.7 Å². The Bertz CT molecular complexity index is 792. The van der Waals surface area contributed by atoms with E-state index in [1.54, 1.807) is 0 Å². The molecule has 2 aromatic rings. The number of furan rings is 1. The van der Waals surface area contributed by atoms with Gasteiger partial charge in [0.2, 0.25) is 11.8 Å². The van der Waals surface area contributed by atoms with Crippen LogP contribution in [-0.4, -0.2) is 29.1 Å². The number of carbonyl (C=O) groups excluding carboxylic acids is 2. The molecule has 1 aromatic carbocycles. The average molecular weight is 344 g/mol. The van der Waals surface area contributed by atoms with Crippen molar-refractivity contribution < 1.29 is 19.1 Å². The van der Waals surface area contributed by atoms with Gasteiger partial charge in [0, 0.05) is 16.9 Å². The second-order valence-electron chi connectivity index (χ2n) is 6.82. The van der Waals surface area contributed by atoms with E-state index in [2.05, 4.69) is 10.6 Å². The smallest absolute Gasteiger partial charge is 0.245 e. The molecule has 1 aromatic heterocycles. The molecule has 0 bridgehead atoms. The van der Waals surface area contributed by atoms with Gasteiger partial charge in [-0.05, 0) is 39.7 Å². The maximum atomic E-state index is 12.5. The maximum absolute atomic E-state index is 12.5. The summed E-state index contributed by atoms with van der Waals surface area (Å²) >= 11 is 0. The quantitative estimate of drug-likeness (QED) is 0.749. The average Bonchev–Trinajstić information content (AvgIpc) is 3.36. The van der Waals surface area contributed by atoms with E-state index in [4.69, 9.17) is 4.42 Å². The van der Waals surface area contributed by atoms with Crippen molar-refractivity contribution in [1.29, 1.82) is 0 Å². The number of fused-ring (bicyclic) bond motifs is 1. The number of aryl methyl sites for hydroxylation is 1. The van der Waals surface area contributed by atoms with Crippen molar-refractivity contribution in [3.63, 3.8) is 0 Å². The maximum Gasteiger partial charge on any atom is 0.245 e. The Morgan fingerprint density at radius 2 is 1.88 bits per heavy atom. The normalized spacial score (nSPS) is 17.8. The molecule has 3 N–H and O–H groups in total. The molecule has 0 spiro atoms. The number of hydrogen-bond acceptors (Lipinski definition) is 4. The summed E-state index contributed by atoms with van der Waals surface area (Å²) in [5.74, 6) is 0.0569. The first-order valence-corrected chi connectivity index (χ1v) is 8.65. The summed E-state index contributed by atoms with van der Waals surface area (Å²) in [4.78, 5) is 24.5. The molecule has 6 nitrogen and oxygen atoms in total. The summed E-state index contributed by atoms with van der Waals surface area (Å²) in [7, 11) is 0. The lowest BCUT2D eigenvalue weighted by Crippen LogP contribution is -2.53. The zero-order valence-electron chi connectivity index (χ0n) is 14.7. The first kappa shape index (κ1) is 17.5. The second kappa shape index (κ2) is 6.88. The first-order valence-electron chi connectivity index (χ1n) is 8.65. The Balaban J connectivity index is 1.73. The number of amides is 2. The van der Waals surface area contributed by atoms with Gasteiger partial charge in [-0.25, -0.2) is 0 Å². The van der Waals surface area contributed by atoms with Crippen LogP contribution in [0, 0.1) is 12.8 Å². The number of nitrogens with one attached hydrogen (secondary N) is 2. The Labute approximate surface area is 146 Å². The lowest BCUT2D eigenvalue weighted by atomic mass is 10.1. The summed E-state index contributed by atoms with van der Waals surface area (Å²) in [5, 5.41) is 16.4. The van der Waals surface area contributed by atoms with Crippen molar-refractivity contribution in [2.75, 3.05) is 0 Å². The largest absolute Gasteiger partial charge is 0.459 e. The van der Waals surface area contributed by atoms with Crippen molar-refractivity contribution in [2.45, 2.75) is 51.8 Å². The predicted octanol–water partition coefficient (Wildman–Crippen LogP) is 2.19. The highest BCUT2D eigenvalue weighted by Gasteiger charge is 2.34. The number of carbonyl (C=O) groups is 2. The lowest BCUT2D eigenvalue weighted by Gasteiger charge is -2.23. The molecule has 1 aliphatic carbocycles. The minimum Gasteiger partial charge on any atom is -0.459 e. The molecule has 3 rings (SSSR count). The van der Waals surface area contributed by atoms with E-state index in [-0.39, 0.29) is 17.9 Å². The van der Waals surface area contributed by atoms with Gasteiger partial charge in [0.25, 0.3) is 0 Å². The number of benzene rings is 1. The fraction of sp³-hybridized carbons (Fsp3) is 0.474. The van der Waals surface area contributed by atoms with E-state index in [1.807, 2.05) is 38.1 Å². The van der Waals surface area contributed by atoms with Crippen molar-refractivity contribution in [1.82, 2.24) is 10.6 Å². The highest BCUT2D eigenvalue weighted by Crippen LogP contribution is 2.30. The molecule has 1 fully saturated rings. The molecule has 1 aliphatic rings. The van der Waals surface area contributed by atoms with E-state index >= 15 is 0 Å². The topological polar surface area (TPSA) is 91.6 Å². The number of rotatable bonds is 6. The van der Waals surface area contributed by atoms with E-state index in [0.29, 0.717) is 5.76 Å². The highest BCUT2D eigenvalue weighted by molar-refractivity contribution is 5.90. The molecule has 0 radical (unpaired) electrons. The van der Waals surface area contributed by atoms with Gasteiger partial charge in [0.1, 0.15) is 17.4 Å². The molecule has 3 atom stereocenters. The van der Waals surface area contributed by atoms with Gasteiger partial charge in [0.15, 0.2) is 0 Å². The molecule has 25 heavy (non-hydrogen) atoms. The van der Waals surface area contributed by atoms with Crippen molar-refractivity contribution >= 4 is 22.8 Å². The molecular formula is C19H24N2O4. The molecule has 1 saturated carbocycles. The van der Waals surface area contributed by atoms with Crippen LogP contribution in [0.4, 0.5) is 0 Å². The van der Waals surface area contributed by atoms with Crippen LogP contribution >= 0.6 is 0 Å². The van der Waals surface area contributed by atoms with Gasteiger partial charge in [0.05, 0.1) is 12.1 Å². The summed E-state index contributed by atoms with van der Waals surface area (Å²) < 4.78 is 5.87. The monoisotopic (exact) mass is 344 g/mol. The van der Waals surface area contributed by atoms with Crippen LogP contribution in [-0.2, 0) is 9.59 Å². The first-order chi connectivity index (χ1) is 11.9. The van der Waals surface area contributed by atoms with Crippen LogP contribution in [0.5, 0.6) is 0 Å². The van der Waals surface area contributed by atoms with Gasteiger partial charge >= 0.3 is 0 Å². The van der Waals surface area contributed by atoms with Crippen LogP contribution in [0.1, 0.15) is 44.1 Å². The van der Waals surface area contributed by atoms with Crippen molar-refractivity contribution in [2.24, 2.45) is 5.92 Å². The molecule has 3 unspecified atom stereocenters. The molecule has 1 heterocycles. The number of hydrogen-bond donors (Lipinski definition) is 3. The van der Waals surface area contributed by atoms with E-state index in [0.717, 1.165) is 29.4 Å². The fourth-order valence-corrected chi connectivity index (χ4v) is 3.00. The lowest BCUT2D eigenvalue weighted by molar-refractivity contribution is -0.132.